The van der Waals surface area contributed by atoms with Gasteiger partial charge in [0, 0.05) is 6.42 Å². The van der Waals surface area contributed by atoms with Crippen LogP contribution in [0.15, 0.2) is 0 Å². The first-order chi connectivity index (χ1) is 13.4. The molecule has 0 bridgehead atoms. The van der Waals surface area contributed by atoms with Crippen LogP contribution in [0.4, 0.5) is 0 Å². The molecule has 1 saturated heterocycles. The molecule has 0 aromatic rings. The third kappa shape index (κ3) is 8.19. The number of carbonyl (C=O) groups is 3. The van der Waals surface area contributed by atoms with Gasteiger partial charge < -0.3 is 14.8 Å². The Bertz CT molecular complexity index is 480. The summed E-state index contributed by atoms with van der Waals surface area (Å²) in [7, 11) is 0. The van der Waals surface area contributed by atoms with Crippen molar-refractivity contribution >= 4 is 18.3 Å². The molecule has 28 heavy (non-hydrogen) atoms. The first-order valence-electron chi connectivity index (χ1n) is 11.0. The summed E-state index contributed by atoms with van der Waals surface area (Å²) in [5, 5.41) is 2.55. The lowest BCUT2D eigenvalue weighted by Crippen LogP contribution is -2.48. The number of ether oxygens (including phenoxy) is 2. The molecule has 1 aliphatic rings. The maximum absolute atomic E-state index is 12.5. The van der Waals surface area contributed by atoms with Crippen molar-refractivity contribution in [2.45, 2.75) is 110 Å². The summed E-state index contributed by atoms with van der Waals surface area (Å²) in [5.41, 5.74) is 0. The third-order valence-electron chi connectivity index (χ3n) is 5.46. The van der Waals surface area contributed by atoms with Gasteiger partial charge in [0.05, 0.1) is 5.92 Å². The van der Waals surface area contributed by atoms with Crippen molar-refractivity contribution < 1.29 is 23.9 Å². The van der Waals surface area contributed by atoms with Crippen LogP contribution >= 0.6 is 0 Å². The standard InChI is InChI=1S/C22H39NO5/c1-5-7-9-11-13-18-19(28-21(18)25)14-17(12-10-8-6-2)27-22(26)20(16(3)4)23-15-24/h15-20H,5-14H2,1-4H3,(H,23,24)/t17-,18-,19-,20?/m0/s1. The Balaban J connectivity index is 2.63. The average Bonchev–Trinajstić information content (AvgIpc) is 2.65. The van der Waals surface area contributed by atoms with E-state index in [0.717, 1.165) is 44.9 Å². The largest absolute Gasteiger partial charge is 0.461 e. The molecule has 0 aliphatic carbocycles. The number of unbranched alkanes of at least 4 members (excludes halogenated alkanes) is 5. The summed E-state index contributed by atoms with van der Waals surface area (Å²) >= 11 is 0. The third-order valence-corrected chi connectivity index (χ3v) is 5.46. The second-order valence-electron chi connectivity index (χ2n) is 8.23. The van der Waals surface area contributed by atoms with Crippen LogP contribution in [0.5, 0.6) is 0 Å². The van der Waals surface area contributed by atoms with Crippen molar-refractivity contribution in [1.82, 2.24) is 5.32 Å². The SMILES string of the molecule is CCCCCC[C@@H]1C(=O)O[C@H]1C[C@H](CCCCC)OC(=O)C(NC=O)C(C)C. The molecule has 6 nitrogen and oxygen atoms in total. The Morgan fingerprint density at radius 3 is 2.39 bits per heavy atom. The monoisotopic (exact) mass is 397 g/mol. The second-order valence-corrected chi connectivity index (χ2v) is 8.23. The smallest absolute Gasteiger partial charge is 0.329 e. The summed E-state index contributed by atoms with van der Waals surface area (Å²) in [6.45, 7) is 8.03. The summed E-state index contributed by atoms with van der Waals surface area (Å²) in [5.74, 6) is -0.656. The number of hydrogen-bond acceptors (Lipinski definition) is 5. The van der Waals surface area contributed by atoms with Crippen LogP contribution < -0.4 is 5.32 Å². The molecule has 1 N–H and O–H groups in total. The molecule has 1 heterocycles. The molecule has 162 valence electrons. The molecule has 0 aromatic heterocycles. The van der Waals surface area contributed by atoms with Crippen LogP contribution in [0.1, 0.15) is 91.9 Å². The maximum atomic E-state index is 12.5. The Kier molecular flexibility index (Phi) is 11.8. The Hall–Kier alpha value is -1.59. The molecule has 0 aromatic carbocycles. The minimum Gasteiger partial charge on any atom is -0.461 e. The number of rotatable bonds is 16. The number of carbonyl (C=O) groups excluding carboxylic acids is 3. The Labute approximate surface area is 170 Å². The number of cyclic esters (lactones) is 1. The minimum absolute atomic E-state index is 0.0539. The first-order valence-corrected chi connectivity index (χ1v) is 11.0. The summed E-state index contributed by atoms with van der Waals surface area (Å²) < 4.78 is 11.1. The maximum Gasteiger partial charge on any atom is 0.329 e. The van der Waals surface area contributed by atoms with Crippen molar-refractivity contribution in [3.8, 4) is 0 Å². The molecule has 1 aliphatic heterocycles. The molecule has 4 atom stereocenters. The number of hydrogen-bond donors (Lipinski definition) is 1. The van der Waals surface area contributed by atoms with Gasteiger partial charge >= 0.3 is 11.9 Å². The highest BCUT2D eigenvalue weighted by Crippen LogP contribution is 2.32. The fourth-order valence-corrected chi connectivity index (χ4v) is 3.65. The van der Waals surface area contributed by atoms with Crippen LogP contribution in [-0.2, 0) is 23.9 Å². The van der Waals surface area contributed by atoms with Crippen molar-refractivity contribution in [1.29, 1.82) is 0 Å². The molecule has 1 rings (SSSR count). The first kappa shape index (κ1) is 24.4. The van der Waals surface area contributed by atoms with Crippen molar-refractivity contribution in [2.24, 2.45) is 11.8 Å². The lowest BCUT2D eigenvalue weighted by Gasteiger charge is -2.37. The molecular formula is C22H39NO5. The molecule has 0 radical (unpaired) electrons. The summed E-state index contributed by atoms with van der Waals surface area (Å²) in [6.07, 6.45) is 9.87. The topological polar surface area (TPSA) is 81.7 Å². The van der Waals surface area contributed by atoms with Gasteiger partial charge in [-0.3, -0.25) is 9.59 Å². The number of nitrogens with one attached hydrogen (secondary N) is 1. The van der Waals surface area contributed by atoms with E-state index >= 15 is 0 Å². The van der Waals surface area contributed by atoms with Gasteiger partial charge in [-0.15, -0.1) is 0 Å². The van der Waals surface area contributed by atoms with Crippen molar-refractivity contribution in [3.63, 3.8) is 0 Å². The minimum atomic E-state index is -0.653. The van der Waals surface area contributed by atoms with E-state index in [0.29, 0.717) is 12.8 Å². The van der Waals surface area contributed by atoms with E-state index < -0.39 is 12.0 Å². The molecule has 0 spiro atoms. The fraction of sp³-hybridized carbons (Fsp3) is 0.864. The van der Waals surface area contributed by atoms with Gasteiger partial charge in [-0.25, -0.2) is 4.79 Å². The van der Waals surface area contributed by atoms with Crippen LogP contribution in [-0.4, -0.2) is 36.6 Å². The fourth-order valence-electron chi connectivity index (χ4n) is 3.65. The number of amides is 1. The van der Waals surface area contributed by atoms with E-state index in [9.17, 15) is 14.4 Å². The van der Waals surface area contributed by atoms with E-state index in [4.69, 9.17) is 9.47 Å². The van der Waals surface area contributed by atoms with E-state index in [2.05, 4.69) is 19.2 Å². The van der Waals surface area contributed by atoms with Gasteiger partial charge in [-0.05, 0) is 25.2 Å². The van der Waals surface area contributed by atoms with Gasteiger partial charge in [0.15, 0.2) is 0 Å². The Morgan fingerprint density at radius 2 is 1.82 bits per heavy atom. The molecule has 1 unspecified atom stereocenters. The van der Waals surface area contributed by atoms with Crippen molar-refractivity contribution in [3.05, 3.63) is 0 Å². The highest BCUT2D eigenvalue weighted by atomic mass is 16.6. The summed E-state index contributed by atoms with van der Waals surface area (Å²) in [6, 6.07) is -0.653. The Morgan fingerprint density at radius 1 is 1.14 bits per heavy atom. The van der Waals surface area contributed by atoms with Crippen molar-refractivity contribution in [2.75, 3.05) is 0 Å². The second kappa shape index (κ2) is 13.6. The zero-order valence-electron chi connectivity index (χ0n) is 18.1. The van der Waals surface area contributed by atoms with E-state index in [1.165, 1.54) is 12.8 Å². The van der Waals surface area contributed by atoms with Crippen LogP contribution in [0.3, 0.4) is 0 Å². The van der Waals surface area contributed by atoms with E-state index in [1.807, 2.05) is 13.8 Å². The predicted molar refractivity (Wildman–Crippen MR) is 109 cm³/mol. The van der Waals surface area contributed by atoms with E-state index in [-0.39, 0.29) is 30.0 Å². The van der Waals surface area contributed by atoms with E-state index in [1.54, 1.807) is 0 Å². The van der Waals surface area contributed by atoms with Gasteiger partial charge in [0.25, 0.3) is 0 Å². The molecule has 0 saturated carbocycles. The highest BCUT2D eigenvalue weighted by molar-refractivity contribution is 5.79. The molecule has 6 heteroatoms. The van der Waals surface area contributed by atoms with Crippen LogP contribution in [0.2, 0.25) is 0 Å². The van der Waals surface area contributed by atoms with Gasteiger partial charge in [0.1, 0.15) is 18.2 Å². The average molecular weight is 398 g/mol. The van der Waals surface area contributed by atoms with Gasteiger partial charge in [-0.1, -0.05) is 66.2 Å². The zero-order valence-corrected chi connectivity index (χ0v) is 18.1. The van der Waals surface area contributed by atoms with Crippen LogP contribution in [0, 0.1) is 11.8 Å². The lowest BCUT2D eigenvalue weighted by atomic mass is 9.86. The lowest BCUT2D eigenvalue weighted by molar-refractivity contribution is -0.190. The van der Waals surface area contributed by atoms with Crippen LogP contribution in [0.25, 0.3) is 0 Å². The predicted octanol–water partition coefficient (Wildman–Crippen LogP) is 4.15. The molecular weight excluding hydrogens is 358 g/mol. The molecule has 1 fully saturated rings. The zero-order chi connectivity index (χ0) is 20.9. The highest BCUT2D eigenvalue weighted by Gasteiger charge is 2.43. The van der Waals surface area contributed by atoms with Gasteiger partial charge in [0.2, 0.25) is 6.41 Å². The number of esters is 2. The molecule has 1 amide bonds. The quantitative estimate of drug-likeness (QED) is 0.240. The summed E-state index contributed by atoms with van der Waals surface area (Å²) in [4.78, 5) is 35.2. The normalized spacial score (nSPS) is 20.8. The van der Waals surface area contributed by atoms with Gasteiger partial charge in [-0.2, -0.15) is 0 Å².